The number of hydrogen-bond donors (Lipinski definition) is 1. The van der Waals surface area contributed by atoms with Crippen LogP contribution in [0.15, 0.2) is 18.2 Å². The Morgan fingerprint density at radius 3 is 2.78 bits per heavy atom. The maximum Gasteiger partial charge on any atom is 0.229 e. The van der Waals surface area contributed by atoms with E-state index in [0.29, 0.717) is 18.2 Å². The third-order valence-electron chi connectivity index (χ3n) is 4.63. The van der Waals surface area contributed by atoms with Gasteiger partial charge in [-0.25, -0.2) is 8.78 Å². The molecule has 2 atom stereocenters. The molecule has 126 valence electrons. The van der Waals surface area contributed by atoms with Gasteiger partial charge < -0.3 is 15.0 Å². The summed E-state index contributed by atoms with van der Waals surface area (Å²) in [6.45, 7) is 1.57. The zero-order chi connectivity index (χ0) is 16.4. The Kier molecular flexibility index (Phi) is 4.92. The van der Waals surface area contributed by atoms with Crippen molar-refractivity contribution >= 4 is 5.91 Å². The molecule has 1 aliphatic carbocycles. The van der Waals surface area contributed by atoms with Crippen LogP contribution < -0.4 is 5.32 Å². The summed E-state index contributed by atoms with van der Waals surface area (Å²) in [7, 11) is 1.85. The normalized spacial score (nSPS) is 24.5. The first-order chi connectivity index (χ1) is 11.1. The summed E-state index contributed by atoms with van der Waals surface area (Å²) >= 11 is 0. The summed E-state index contributed by atoms with van der Waals surface area (Å²) in [6.07, 6.45) is 2.68. The minimum absolute atomic E-state index is 0.106. The third kappa shape index (κ3) is 3.87. The van der Waals surface area contributed by atoms with Crippen molar-refractivity contribution in [3.8, 4) is 0 Å². The maximum absolute atomic E-state index is 13.2. The Labute approximate surface area is 134 Å². The van der Waals surface area contributed by atoms with E-state index in [1.165, 1.54) is 6.07 Å². The molecule has 0 aromatic heterocycles. The molecule has 0 radical (unpaired) electrons. The van der Waals surface area contributed by atoms with E-state index in [2.05, 4.69) is 5.32 Å². The van der Waals surface area contributed by atoms with E-state index in [-0.39, 0.29) is 24.5 Å². The van der Waals surface area contributed by atoms with Crippen molar-refractivity contribution in [1.29, 1.82) is 0 Å². The second-order valence-corrected chi connectivity index (χ2v) is 6.38. The highest BCUT2D eigenvalue weighted by atomic mass is 19.2. The zero-order valence-electron chi connectivity index (χ0n) is 13.2. The van der Waals surface area contributed by atoms with Gasteiger partial charge in [0, 0.05) is 19.6 Å². The molecule has 2 fully saturated rings. The van der Waals surface area contributed by atoms with Crippen molar-refractivity contribution in [2.75, 3.05) is 20.1 Å². The van der Waals surface area contributed by atoms with E-state index < -0.39 is 11.6 Å². The average molecular weight is 324 g/mol. The van der Waals surface area contributed by atoms with Crippen LogP contribution in [0.1, 0.15) is 24.8 Å². The predicted octanol–water partition coefficient (Wildman–Crippen LogP) is 2.08. The van der Waals surface area contributed by atoms with Crippen LogP contribution in [0.25, 0.3) is 0 Å². The summed E-state index contributed by atoms with van der Waals surface area (Å²) in [5, 5.41) is 3.24. The standard InChI is InChI=1S/C17H22F2N2O2/c1-21(12-3-4-12)17(22)13-9-20-7-6-16(13)23-10-11-2-5-14(18)15(19)8-11/h2,5,8,12-13,16,20H,3-4,6-7,9-10H2,1H3. The first-order valence-corrected chi connectivity index (χ1v) is 8.09. The molecular weight excluding hydrogens is 302 g/mol. The second kappa shape index (κ2) is 6.93. The highest BCUT2D eigenvalue weighted by Crippen LogP contribution is 2.28. The number of piperidine rings is 1. The quantitative estimate of drug-likeness (QED) is 0.902. The number of carbonyl (C=O) groups excluding carboxylic acids is 1. The number of hydrogen-bond acceptors (Lipinski definition) is 3. The number of amides is 1. The number of halogens is 2. The van der Waals surface area contributed by atoms with Gasteiger partial charge in [-0.1, -0.05) is 6.07 Å². The molecule has 4 nitrogen and oxygen atoms in total. The molecule has 1 heterocycles. The molecule has 1 aromatic rings. The fourth-order valence-electron chi connectivity index (χ4n) is 3.02. The van der Waals surface area contributed by atoms with Crippen LogP contribution in [0, 0.1) is 17.6 Å². The maximum atomic E-state index is 13.2. The Balaban J connectivity index is 1.61. The summed E-state index contributed by atoms with van der Waals surface area (Å²) in [5.74, 6) is -1.86. The molecule has 1 saturated carbocycles. The number of ether oxygens (including phenoxy) is 1. The molecule has 0 bridgehead atoms. The Hall–Kier alpha value is -1.53. The van der Waals surface area contributed by atoms with Gasteiger partial charge in [0.1, 0.15) is 0 Å². The lowest BCUT2D eigenvalue weighted by atomic mass is 9.94. The largest absolute Gasteiger partial charge is 0.373 e. The minimum Gasteiger partial charge on any atom is -0.373 e. The lowest BCUT2D eigenvalue weighted by Gasteiger charge is -2.34. The topological polar surface area (TPSA) is 41.6 Å². The lowest BCUT2D eigenvalue weighted by Crippen LogP contribution is -2.50. The number of nitrogens with zero attached hydrogens (tertiary/aromatic N) is 1. The van der Waals surface area contributed by atoms with E-state index in [4.69, 9.17) is 4.74 Å². The Bertz CT molecular complexity index is 578. The second-order valence-electron chi connectivity index (χ2n) is 6.38. The van der Waals surface area contributed by atoms with Crippen molar-refractivity contribution in [1.82, 2.24) is 10.2 Å². The highest BCUT2D eigenvalue weighted by molar-refractivity contribution is 5.80. The molecule has 1 amide bonds. The Morgan fingerprint density at radius 1 is 1.30 bits per heavy atom. The van der Waals surface area contributed by atoms with Gasteiger partial charge in [0.2, 0.25) is 5.91 Å². The number of carbonyl (C=O) groups is 1. The van der Waals surface area contributed by atoms with E-state index in [1.807, 2.05) is 11.9 Å². The zero-order valence-corrected chi connectivity index (χ0v) is 13.2. The van der Waals surface area contributed by atoms with Crippen LogP contribution in [0.2, 0.25) is 0 Å². The number of benzene rings is 1. The number of rotatable bonds is 5. The molecule has 1 N–H and O–H groups in total. The fraction of sp³-hybridized carbons (Fsp3) is 0.588. The van der Waals surface area contributed by atoms with Crippen molar-refractivity contribution in [3.05, 3.63) is 35.4 Å². The molecule has 2 unspecified atom stereocenters. The molecule has 3 rings (SSSR count). The smallest absolute Gasteiger partial charge is 0.229 e. The van der Waals surface area contributed by atoms with Gasteiger partial charge in [-0.05, 0) is 43.5 Å². The van der Waals surface area contributed by atoms with Gasteiger partial charge in [-0.3, -0.25) is 4.79 Å². The van der Waals surface area contributed by atoms with Crippen LogP contribution in [-0.4, -0.2) is 43.1 Å². The van der Waals surface area contributed by atoms with Gasteiger partial charge in [-0.15, -0.1) is 0 Å². The summed E-state index contributed by atoms with van der Waals surface area (Å²) < 4.78 is 32.1. The minimum atomic E-state index is -0.877. The van der Waals surface area contributed by atoms with Crippen molar-refractivity contribution in [2.24, 2.45) is 5.92 Å². The highest BCUT2D eigenvalue weighted by Gasteiger charge is 2.38. The average Bonchev–Trinajstić information content (AvgIpc) is 3.40. The third-order valence-corrected chi connectivity index (χ3v) is 4.63. The van der Waals surface area contributed by atoms with Crippen LogP contribution in [0.5, 0.6) is 0 Å². The van der Waals surface area contributed by atoms with Crippen LogP contribution >= 0.6 is 0 Å². The lowest BCUT2D eigenvalue weighted by molar-refractivity contribution is -0.142. The molecule has 1 aromatic carbocycles. The SMILES string of the molecule is CN(C(=O)C1CNCCC1OCc1ccc(F)c(F)c1)C1CC1. The van der Waals surface area contributed by atoms with E-state index in [1.54, 1.807) is 0 Å². The molecular formula is C17H22F2N2O2. The van der Waals surface area contributed by atoms with Crippen molar-refractivity contribution in [2.45, 2.75) is 38.0 Å². The molecule has 2 aliphatic rings. The van der Waals surface area contributed by atoms with Gasteiger partial charge in [0.15, 0.2) is 11.6 Å². The molecule has 6 heteroatoms. The van der Waals surface area contributed by atoms with Gasteiger partial charge in [0.05, 0.1) is 18.6 Å². The fourth-order valence-corrected chi connectivity index (χ4v) is 3.02. The molecule has 1 aliphatic heterocycles. The van der Waals surface area contributed by atoms with E-state index in [0.717, 1.165) is 37.9 Å². The molecule has 0 spiro atoms. The van der Waals surface area contributed by atoms with Gasteiger partial charge >= 0.3 is 0 Å². The van der Waals surface area contributed by atoms with Crippen molar-refractivity contribution in [3.63, 3.8) is 0 Å². The predicted molar refractivity (Wildman–Crippen MR) is 81.7 cm³/mol. The van der Waals surface area contributed by atoms with E-state index >= 15 is 0 Å². The van der Waals surface area contributed by atoms with Crippen LogP contribution in [0.4, 0.5) is 8.78 Å². The monoisotopic (exact) mass is 324 g/mol. The first kappa shape index (κ1) is 16.3. The first-order valence-electron chi connectivity index (χ1n) is 8.09. The van der Waals surface area contributed by atoms with Gasteiger partial charge in [-0.2, -0.15) is 0 Å². The molecule has 1 saturated heterocycles. The van der Waals surface area contributed by atoms with Crippen LogP contribution in [-0.2, 0) is 16.1 Å². The van der Waals surface area contributed by atoms with Crippen LogP contribution in [0.3, 0.4) is 0 Å². The van der Waals surface area contributed by atoms with Gasteiger partial charge in [0.25, 0.3) is 0 Å². The van der Waals surface area contributed by atoms with Crippen molar-refractivity contribution < 1.29 is 18.3 Å². The summed E-state index contributed by atoms with van der Waals surface area (Å²) in [4.78, 5) is 14.4. The molecule has 23 heavy (non-hydrogen) atoms. The number of nitrogens with one attached hydrogen (secondary N) is 1. The summed E-state index contributed by atoms with van der Waals surface area (Å²) in [5.41, 5.74) is 0.573. The van der Waals surface area contributed by atoms with E-state index in [9.17, 15) is 13.6 Å². The summed E-state index contributed by atoms with van der Waals surface area (Å²) in [6, 6.07) is 4.12. The Morgan fingerprint density at radius 2 is 2.09 bits per heavy atom.